The van der Waals surface area contributed by atoms with Crippen molar-refractivity contribution in [2.24, 2.45) is 0 Å². The molecular weight excluding hydrogens is 388 g/mol. The number of carbonyl (C=O) groups excluding carboxylic acids is 2. The number of Topliss-reactive ketones (excluding diaryl/α,β-unsaturated/α-hetero) is 1. The van der Waals surface area contributed by atoms with Gasteiger partial charge in [-0.25, -0.2) is 0 Å². The number of nitrogens with zero attached hydrogens (tertiary/aromatic N) is 2. The summed E-state index contributed by atoms with van der Waals surface area (Å²) in [6.45, 7) is 5.63. The van der Waals surface area contributed by atoms with Gasteiger partial charge in [-0.2, -0.15) is 0 Å². The number of aliphatic hydroxyl groups excluding tert-OH is 1. The third kappa shape index (κ3) is 3.28. The minimum Gasteiger partial charge on any atom is -0.503 e. The molecule has 0 spiro atoms. The minimum absolute atomic E-state index is 0.0125. The van der Waals surface area contributed by atoms with E-state index in [0.29, 0.717) is 23.7 Å². The van der Waals surface area contributed by atoms with Crippen LogP contribution in [0.5, 0.6) is 5.75 Å². The minimum atomic E-state index is -0.923. The number of amides is 1. The highest BCUT2D eigenvalue weighted by molar-refractivity contribution is 6.19. The van der Waals surface area contributed by atoms with Gasteiger partial charge >= 0.3 is 0 Å². The Hall–Kier alpha value is -4.07. The van der Waals surface area contributed by atoms with Crippen molar-refractivity contribution < 1.29 is 28.4 Å². The quantitative estimate of drug-likeness (QED) is 0.468. The average molecular weight is 406 g/mol. The lowest BCUT2D eigenvalue weighted by molar-refractivity contribution is -0.117. The molecule has 8 heteroatoms. The van der Waals surface area contributed by atoms with Gasteiger partial charge in [-0.05, 0) is 36.8 Å². The molecule has 8 nitrogen and oxygen atoms in total. The van der Waals surface area contributed by atoms with E-state index in [1.54, 1.807) is 49.4 Å². The van der Waals surface area contributed by atoms with Crippen molar-refractivity contribution in [3.05, 3.63) is 89.8 Å². The van der Waals surface area contributed by atoms with E-state index in [0.717, 1.165) is 0 Å². The van der Waals surface area contributed by atoms with Gasteiger partial charge in [-0.15, -0.1) is 0 Å². The molecule has 3 heterocycles. The van der Waals surface area contributed by atoms with Crippen LogP contribution in [0.15, 0.2) is 81.7 Å². The Kier molecular flexibility index (Phi) is 4.97. The van der Waals surface area contributed by atoms with Crippen molar-refractivity contribution >= 4 is 17.5 Å². The topological polar surface area (TPSA) is 106 Å². The van der Waals surface area contributed by atoms with Crippen LogP contribution < -0.4 is 9.64 Å². The number of ketones is 1. The molecule has 2 aromatic heterocycles. The van der Waals surface area contributed by atoms with E-state index in [-0.39, 0.29) is 17.2 Å². The van der Waals surface area contributed by atoms with Crippen molar-refractivity contribution in [1.29, 1.82) is 0 Å². The summed E-state index contributed by atoms with van der Waals surface area (Å²) in [5, 5.41) is 14.5. The average Bonchev–Trinajstić information content (AvgIpc) is 3.48. The largest absolute Gasteiger partial charge is 0.503 e. The highest BCUT2D eigenvalue weighted by Gasteiger charge is 2.46. The van der Waals surface area contributed by atoms with Gasteiger partial charge in [-0.3, -0.25) is 14.5 Å². The van der Waals surface area contributed by atoms with Crippen molar-refractivity contribution in [2.75, 3.05) is 11.5 Å². The highest BCUT2D eigenvalue weighted by Crippen LogP contribution is 2.42. The van der Waals surface area contributed by atoms with E-state index in [4.69, 9.17) is 13.7 Å². The van der Waals surface area contributed by atoms with Crippen LogP contribution >= 0.6 is 0 Å². The molecule has 0 unspecified atom stereocenters. The van der Waals surface area contributed by atoms with Crippen molar-refractivity contribution in [2.45, 2.75) is 13.0 Å². The lowest BCUT2D eigenvalue weighted by atomic mass is 9.95. The molecule has 152 valence electrons. The van der Waals surface area contributed by atoms with E-state index < -0.39 is 23.5 Å². The van der Waals surface area contributed by atoms with Gasteiger partial charge in [-0.1, -0.05) is 29.9 Å². The second-order valence-corrected chi connectivity index (χ2v) is 6.61. The molecule has 0 saturated heterocycles. The Balaban J connectivity index is 1.80. The van der Waals surface area contributed by atoms with Crippen LogP contribution in [-0.2, 0) is 4.79 Å². The first-order chi connectivity index (χ1) is 14.5. The zero-order chi connectivity index (χ0) is 21.3. The molecule has 1 aliphatic rings. The summed E-state index contributed by atoms with van der Waals surface area (Å²) in [5.74, 6) is -0.731. The Labute approximate surface area is 171 Å². The summed E-state index contributed by atoms with van der Waals surface area (Å²) in [6, 6.07) is 10.5. The van der Waals surface area contributed by atoms with Crippen LogP contribution in [0.3, 0.4) is 0 Å². The van der Waals surface area contributed by atoms with E-state index in [1.165, 1.54) is 17.2 Å². The van der Waals surface area contributed by atoms with E-state index in [2.05, 4.69) is 11.7 Å². The molecule has 30 heavy (non-hydrogen) atoms. The monoisotopic (exact) mass is 406 g/mol. The first-order valence-corrected chi connectivity index (χ1v) is 9.13. The van der Waals surface area contributed by atoms with Crippen LogP contribution in [0.1, 0.15) is 27.9 Å². The Morgan fingerprint density at radius 3 is 2.70 bits per heavy atom. The number of rotatable bonds is 7. The number of carbonyl (C=O) groups is 2. The third-order valence-corrected chi connectivity index (χ3v) is 4.62. The molecule has 0 bridgehead atoms. The number of hydrogen-bond donors (Lipinski definition) is 1. The van der Waals surface area contributed by atoms with Crippen molar-refractivity contribution in [1.82, 2.24) is 5.16 Å². The van der Waals surface area contributed by atoms with Crippen LogP contribution in [0.25, 0.3) is 0 Å². The molecule has 3 aromatic rings. The molecule has 1 N–H and O–H groups in total. The predicted molar refractivity (Wildman–Crippen MR) is 106 cm³/mol. The molecule has 0 fully saturated rings. The van der Waals surface area contributed by atoms with Gasteiger partial charge in [0.25, 0.3) is 5.91 Å². The molecule has 0 saturated carbocycles. The van der Waals surface area contributed by atoms with Crippen molar-refractivity contribution in [3.8, 4) is 5.75 Å². The maximum absolute atomic E-state index is 13.1. The van der Waals surface area contributed by atoms with Gasteiger partial charge in [0, 0.05) is 6.07 Å². The van der Waals surface area contributed by atoms with Crippen molar-refractivity contribution in [3.63, 3.8) is 0 Å². The predicted octanol–water partition coefficient (Wildman–Crippen LogP) is 3.92. The van der Waals surface area contributed by atoms with Crippen LogP contribution in [0.4, 0.5) is 5.82 Å². The summed E-state index contributed by atoms with van der Waals surface area (Å²) in [4.78, 5) is 27.2. The number of aliphatic hydroxyl groups is 1. The first-order valence-electron chi connectivity index (χ1n) is 9.13. The molecule has 1 atom stereocenters. The molecule has 4 rings (SSSR count). The summed E-state index contributed by atoms with van der Waals surface area (Å²) < 4.78 is 15.8. The van der Waals surface area contributed by atoms with Gasteiger partial charge < -0.3 is 18.8 Å². The molecule has 1 aromatic carbocycles. The second-order valence-electron chi connectivity index (χ2n) is 6.61. The normalized spacial score (nSPS) is 16.2. The fourth-order valence-electron chi connectivity index (χ4n) is 3.30. The lowest BCUT2D eigenvalue weighted by Gasteiger charge is -2.24. The number of aryl methyl sites for hydroxylation is 1. The fraction of sp³-hybridized carbons (Fsp3) is 0.136. The number of furan rings is 1. The fourth-order valence-corrected chi connectivity index (χ4v) is 3.30. The zero-order valence-electron chi connectivity index (χ0n) is 16.1. The van der Waals surface area contributed by atoms with Gasteiger partial charge in [0.2, 0.25) is 5.78 Å². The highest BCUT2D eigenvalue weighted by atomic mass is 16.5. The lowest BCUT2D eigenvalue weighted by Crippen LogP contribution is -2.31. The third-order valence-electron chi connectivity index (χ3n) is 4.62. The smallest absolute Gasteiger partial charge is 0.295 e. The standard InChI is InChI=1S/C22H18N2O6/c1-3-10-28-15-8-6-14(7-9-15)19-18(20(25)16-5-4-11-29-16)21(26)22(27)24(19)17-12-13(2)30-23-17/h3-9,11-12,19,26H,1,10H2,2H3/t19-/m1/s1. The van der Waals surface area contributed by atoms with Crippen LogP contribution in [0, 0.1) is 6.92 Å². The van der Waals surface area contributed by atoms with Gasteiger partial charge in [0.1, 0.15) is 18.1 Å². The SMILES string of the molecule is C=CCOc1ccc([C@@H]2C(C(=O)c3ccco3)=C(O)C(=O)N2c2cc(C)on2)cc1. The summed E-state index contributed by atoms with van der Waals surface area (Å²) in [6.07, 6.45) is 2.97. The van der Waals surface area contributed by atoms with E-state index in [9.17, 15) is 14.7 Å². The zero-order valence-corrected chi connectivity index (χ0v) is 16.1. The summed E-state index contributed by atoms with van der Waals surface area (Å²) in [7, 11) is 0. The Bertz CT molecular complexity index is 1120. The number of aromatic nitrogens is 1. The summed E-state index contributed by atoms with van der Waals surface area (Å²) >= 11 is 0. The number of hydrogen-bond acceptors (Lipinski definition) is 7. The maximum Gasteiger partial charge on any atom is 0.295 e. The molecular formula is C22H18N2O6. The van der Waals surface area contributed by atoms with Crippen LogP contribution in [-0.4, -0.2) is 28.6 Å². The molecule has 0 aliphatic carbocycles. The molecule has 1 amide bonds. The van der Waals surface area contributed by atoms with E-state index in [1.807, 2.05) is 0 Å². The number of ether oxygens (including phenoxy) is 1. The number of anilines is 1. The maximum atomic E-state index is 13.1. The van der Waals surface area contributed by atoms with Crippen LogP contribution in [0.2, 0.25) is 0 Å². The van der Waals surface area contributed by atoms with Gasteiger partial charge in [0.05, 0.1) is 17.9 Å². The second kappa shape index (κ2) is 7.75. The summed E-state index contributed by atoms with van der Waals surface area (Å²) in [5.41, 5.74) is 0.476. The molecule has 0 radical (unpaired) electrons. The number of benzene rings is 1. The molecule has 1 aliphatic heterocycles. The van der Waals surface area contributed by atoms with Gasteiger partial charge in [0.15, 0.2) is 17.3 Å². The Morgan fingerprint density at radius 1 is 1.33 bits per heavy atom. The van der Waals surface area contributed by atoms with E-state index >= 15 is 0 Å². The first kappa shape index (κ1) is 19.3. The Morgan fingerprint density at radius 2 is 2.10 bits per heavy atom.